The fourth-order valence-electron chi connectivity index (χ4n) is 8.94. The van der Waals surface area contributed by atoms with Gasteiger partial charge in [-0.1, -0.05) is 72.5 Å². The summed E-state index contributed by atoms with van der Waals surface area (Å²) in [5.41, 5.74) is 4.71. The van der Waals surface area contributed by atoms with Crippen molar-refractivity contribution >= 4 is 0 Å². The van der Waals surface area contributed by atoms with E-state index in [2.05, 4.69) is 48.5 Å². The average molecular weight is 415 g/mol. The summed E-state index contributed by atoms with van der Waals surface area (Å²) >= 11 is 0. The lowest BCUT2D eigenvalue weighted by Gasteiger charge is -2.56. The van der Waals surface area contributed by atoms with Crippen molar-refractivity contribution in [3.63, 3.8) is 0 Å². The average Bonchev–Trinajstić information content (AvgIpc) is 3.06. The number of hydrogen-bond donors (Lipinski definition) is 1. The molecule has 4 aliphatic rings. The van der Waals surface area contributed by atoms with Crippen LogP contribution in [-0.2, 0) is 0 Å². The van der Waals surface area contributed by atoms with Crippen LogP contribution in [0.5, 0.6) is 0 Å². The molecule has 0 amide bonds. The highest BCUT2D eigenvalue weighted by Gasteiger charge is 2.56. The van der Waals surface area contributed by atoms with Crippen molar-refractivity contribution in [2.24, 2.45) is 52.3 Å². The molecule has 172 valence electrons. The Hall–Kier alpha value is -0.300. The summed E-state index contributed by atoms with van der Waals surface area (Å²) < 4.78 is 0. The van der Waals surface area contributed by atoms with Gasteiger partial charge in [0.15, 0.2) is 0 Å². The molecule has 1 nitrogen and oxygen atoms in total. The Morgan fingerprint density at radius 2 is 1.67 bits per heavy atom. The molecular weight excluding hydrogens is 364 g/mol. The van der Waals surface area contributed by atoms with Crippen molar-refractivity contribution in [2.45, 2.75) is 119 Å². The van der Waals surface area contributed by atoms with E-state index in [0.29, 0.717) is 22.7 Å². The first-order valence-electron chi connectivity index (χ1n) is 13.5. The molecular formula is C29H50O. The predicted octanol–water partition coefficient (Wildman–Crippen LogP) is 8.02. The van der Waals surface area contributed by atoms with Crippen LogP contribution in [0.1, 0.15) is 113 Å². The van der Waals surface area contributed by atoms with Gasteiger partial charge in [0.2, 0.25) is 0 Å². The molecule has 2 saturated carbocycles. The monoisotopic (exact) mass is 414 g/mol. The summed E-state index contributed by atoms with van der Waals surface area (Å²) in [5.74, 6) is 5.52. The zero-order valence-corrected chi connectivity index (χ0v) is 21.1. The minimum atomic E-state index is -0.0657. The molecule has 0 aromatic carbocycles. The van der Waals surface area contributed by atoms with Crippen molar-refractivity contribution in [1.29, 1.82) is 0 Å². The molecule has 0 spiro atoms. The van der Waals surface area contributed by atoms with E-state index in [1.165, 1.54) is 57.8 Å². The molecule has 1 N–H and O–H groups in total. The molecule has 0 bridgehead atoms. The number of rotatable bonds is 5. The highest BCUT2D eigenvalue weighted by Crippen LogP contribution is 2.66. The Morgan fingerprint density at radius 3 is 2.37 bits per heavy atom. The van der Waals surface area contributed by atoms with Gasteiger partial charge in [0, 0.05) is 0 Å². The first-order valence-corrected chi connectivity index (χ1v) is 13.5. The Morgan fingerprint density at radius 1 is 0.933 bits per heavy atom. The fraction of sp³-hybridized carbons (Fsp3) is 0.931. The third-order valence-electron chi connectivity index (χ3n) is 11.5. The largest absolute Gasteiger partial charge is 0.393 e. The van der Waals surface area contributed by atoms with E-state index in [1.54, 1.807) is 0 Å². The Balaban J connectivity index is 1.54. The van der Waals surface area contributed by atoms with Crippen LogP contribution in [-0.4, -0.2) is 11.2 Å². The van der Waals surface area contributed by atoms with Crippen molar-refractivity contribution in [3.05, 3.63) is 11.1 Å². The molecule has 2 fully saturated rings. The summed E-state index contributed by atoms with van der Waals surface area (Å²) in [4.78, 5) is 0. The summed E-state index contributed by atoms with van der Waals surface area (Å²) in [5, 5.41) is 10.5. The van der Waals surface area contributed by atoms with E-state index in [4.69, 9.17) is 0 Å². The molecule has 0 radical (unpaired) electrons. The number of hydrogen-bond acceptors (Lipinski definition) is 1. The molecule has 9 atom stereocenters. The number of aliphatic hydroxyl groups excluding tert-OH is 1. The molecule has 0 saturated heterocycles. The van der Waals surface area contributed by atoms with Gasteiger partial charge in [-0.15, -0.1) is 0 Å². The van der Waals surface area contributed by atoms with Crippen LogP contribution in [0.15, 0.2) is 11.1 Å². The van der Waals surface area contributed by atoms with Gasteiger partial charge in [-0.2, -0.15) is 0 Å². The lowest BCUT2D eigenvalue weighted by atomic mass is 9.49. The van der Waals surface area contributed by atoms with E-state index < -0.39 is 0 Å². The molecule has 0 heterocycles. The second kappa shape index (κ2) is 8.24. The minimum Gasteiger partial charge on any atom is -0.393 e. The first kappa shape index (κ1) is 22.9. The maximum absolute atomic E-state index is 10.5. The number of fused-ring (bicyclic) bond motifs is 4. The molecule has 4 rings (SSSR count). The number of allylic oxidation sites excluding steroid dienone is 2. The SMILES string of the molecule is CC(C)C(C)CC[C@@H](C)[C@H]1CC[C@H]2C3=C(CC[C@]12C)[C@@]1(C)CC[C@H](O)[C@@H](C)[C@@H]1CC3. The van der Waals surface area contributed by atoms with E-state index in [9.17, 15) is 5.11 Å². The van der Waals surface area contributed by atoms with E-state index in [0.717, 1.165) is 36.0 Å². The Labute approximate surface area is 187 Å². The second-order valence-electron chi connectivity index (χ2n) is 13.0. The van der Waals surface area contributed by atoms with Crippen LogP contribution >= 0.6 is 0 Å². The normalized spacial score (nSPS) is 45.7. The van der Waals surface area contributed by atoms with Crippen molar-refractivity contribution in [3.8, 4) is 0 Å². The zero-order chi connectivity index (χ0) is 21.8. The standard InChI is InChI=1S/C29H50O/c1-18(2)19(3)8-9-20(4)23-12-13-25-22-10-11-24-21(5)27(30)15-17-29(24,7)26(22)14-16-28(23,25)6/h18-21,23-25,27,30H,8-17H2,1-7H3/t19?,20-,21+,23-,24+,25+,27+,28-,29+/m1/s1. The molecule has 0 aliphatic heterocycles. The Kier molecular flexibility index (Phi) is 6.28. The highest BCUT2D eigenvalue weighted by atomic mass is 16.3. The molecule has 30 heavy (non-hydrogen) atoms. The van der Waals surface area contributed by atoms with Gasteiger partial charge in [0.05, 0.1) is 6.10 Å². The minimum absolute atomic E-state index is 0.0657. The highest BCUT2D eigenvalue weighted by molar-refractivity contribution is 5.34. The summed E-state index contributed by atoms with van der Waals surface area (Å²) in [6, 6.07) is 0. The molecule has 4 aliphatic carbocycles. The quantitative estimate of drug-likeness (QED) is 0.451. The number of aliphatic hydroxyl groups is 1. The maximum atomic E-state index is 10.5. The van der Waals surface area contributed by atoms with Crippen molar-refractivity contribution < 1.29 is 5.11 Å². The summed E-state index contributed by atoms with van der Waals surface area (Å²) in [6.45, 7) is 17.4. The van der Waals surface area contributed by atoms with Crippen LogP contribution < -0.4 is 0 Å². The third-order valence-corrected chi connectivity index (χ3v) is 11.5. The van der Waals surface area contributed by atoms with Gasteiger partial charge in [-0.25, -0.2) is 0 Å². The van der Waals surface area contributed by atoms with Gasteiger partial charge >= 0.3 is 0 Å². The zero-order valence-electron chi connectivity index (χ0n) is 21.1. The van der Waals surface area contributed by atoms with Crippen molar-refractivity contribution in [1.82, 2.24) is 0 Å². The third kappa shape index (κ3) is 3.54. The lowest BCUT2D eigenvalue weighted by molar-refractivity contribution is -0.0336. The fourth-order valence-corrected chi connectivity index (χ4v) is 8.94. The van der Waals surface area contributed by atoms with Crippen LogP contribution in [0, 0.1) is 52.3 Å². The van der Waals surface area contributed by atoms with E-state index in [1.807, 2.05) is 11.1 Å². The van der Waals surface area contributed by atoms with Crippen molar-refractivity contribution in [2.75, 3.05) is 0 Å². The smallest absolute Gasteiger partial charge is 0.0569 e. The van der Waals surface area contributed by atoms with Gasteiger partial charge in [-0.3, -0.25) is 0 Å². The molecule has 1 heteroatoms. The maximum Gasteiger partial charge on any atom is 0.0569 e. The lowest BCUT2D eigenvalue weighted by Crippen LogP contribution is -2.49. The second-order valence-corrected chi connectivity index (χ2v) is 13.0. The van der Waals surface area contributed by atoms with E-state index in [-0.39, 0.29) is 6.10 Å². The Bertz CT molecular complexity index is 661. The summed E-state index contributed by atoms with van der Waals surface area (Å²) in [6.07, 6.45) is 13.3. The van der Waals surface area contributed by atoms with Crippen LogP contribution in [0.4, 0.5) is 0 Å². The van der Waals surface area contributed by atoms with Crippen LogP contribution in [0.2, 0.25) is 0 Å². The molecule has 0 aromatic heterocycles. The van der Waals surface area contributed by atoms with Gasteiger partial charge in [0.25, 0.3) is 0 Å². The first-order chi connectivity index (χ1) is 14.1. The van der Waals surface area contributed by atoms with Crippen LogP contribution in [0.25, 0.3) is 0 Å². The van der Waals surface area contributed by atoms with Gasteiger partial charge in [-0.05, 0) is 104 Å². The van der Waals surface area contributed by atoms with E-state index >= 15 is 0 Å². The van der Waals surface area contributed by atoms with Gasteiger partial charge in [0.1, 0.15) is 0 Å². The van der Waals surface area contributed by atoms with Gasteiger partial charge < -0.3 is 5.11 Å². The van der Waals surface area contributed by atoms with Crippen LogP contribution in [0.3, 0.4) is 0 Å². The molecule has 0 aromatic rings. The molecule has 1 unspecified atom stereocenters. The summed E-state index contributed by atoms with van der Waals surface area (Å²) in [7, 11) is 0. The predicted molar refractivity (Wildman–Crippen MR) is 128 cm³/mol. The topological polar surface area (TPSA) is 20.2 Å².